The molecule has 7 rings (SSSR count). The van der Waals surface area contributed by atoms with Gasteiger partial charge in [0.05, 0.1) is 41.1 Å². The summed E-state index contributed by atoms with van der Waals surface area (Å²) < 4.78 is 15.6. The van der Waals surface area contributed by atoms with Gasteiger partial charge in [0.15, 0.2) is 5.65 Å². The Balaban J connectivity index is 1.38. The SMILES string of the molecule is CC(C)Oc1cc2nn(C34COC(C)(C3)C4)cc2cc1C(=O)Nc1cnn2cccnc12. The Hall–Kier alpha value is -3.46. The minimum Gasteiger partial charge on any atom is -0.490 e. The second kappa shape index (κ2) is 6.52. The lowest BCUT2D eigenvalue weighted by Crippen LogP contribution is -2.49. The quantitative estimate of drug-likeness (QED) is 0.519. The van der Waals surface area contributed by atoms with Crippen molar-refractivity contribution in [2.75, 3.05) is 11.9 Å². The van der Waals surface area contributed by atoms with Crippen LogP contribution in [-0.2, 0) is 10.3 Å². The number of carbonyl (C=O) groups is 1. The highest BCUT2D eigenvalue weighted by molar-refractivity contribution is 6.09. The number of carbonyl (C=O) groups excluding carboxylic acids is 1. The number of hydrogen-bond donors (Lipinski definition) is 1. The fraction of sp³-hybridized carbons (Fsp3) is 0.391. The number of nitrogens with one attached hydrogen (secondary N) is 1. The first-order valence-corrected chi connectivity index (χ1v) is 10.8. The van der Waals surface area contributed by atoms with Crippen molar-refractivity contribution in [2.45, 2.75) is 50.9 Å². The molecular weight excluding hydrogens is 408 g/mol. The molecule has 0 atom stereocenters. The Bertz CT molecular complexity index is 1360. The van der Waals surface area contributed by atoms with Crippen LogP contribution in [0.1, 0.15) is 44.0 Å². The van der Waals surface area contributed by atoms with E-state index in [0.29, 0.717) is 29.3 Å². The summed E-state index contributed by atoms with van der Waals surface area (Å²) in [6, 6.07) is 5.47. The molecule has 4 aromatic rings. The van der Waals surface area contributed by atoms with Gasteiger partial charge in [-0.25, -0.2) is 9.50 Å². The summed E-state index contributed by atoms with van der Waals surface area (Å²) in [5, 5.41) is 12.9. The van der Waals surface area contributed by atoms with Gasteiger partial charge in [0, 0.05) is 42.9 Å². The molecule has 164 valence electrons. The minimum atomic E-state index is -0.283. The number of benzene rings is 1. The third kappa shape index (κ3) is 2.88. The maximum atomic E-state index is 13.3. The maximum absolute atomic E-state index is 13.3. The summed E-state index contributed by atoms with van der Waals surface area (Å²) in [4.78, 5) is 17.6. The van der Waals surface area contributed by atoms with E-state index in [1.807, 2.05) is 36.9 Å². The predicted octanol–water partition coefficient (Wildman–Crippen LogP) is 3.40. The van der Waals surface area contributed by atoms with Gasteiger partial charge >= 0.3 is 0 Å². The first-order valence-electron chi connectivity index (χ1n) is 10.8. The van der Waals surface area contributed by atoms with E-state index < -0.39 is 0 Å². The molecule has 1 saturated carbocycles. The third-order valence-corrected chi connectivity index (χ3v) is 6.32. The Kier molecular flexibility index (Phi) is 3.92. The minimum absolute atomic E-state index is 0.0303. The Morgan fingerprint density at radius 2 is 2.16 bits per heavy atom. The van der Waals surface area contributed by atoms with Crippen molar-refractivity contribution < 1.29 is 14.3 Å². The monoisotopic (exact) mass is 432 g/mol. The second-order valence-electron chi connectivity index (χ2n) is 9.36. The van der Waals surface area contributed by atoms with Crippen LogP contribution in [0.4, 0.5) is 5.69 Å². The number of amides is 1. The van der Waals surface area contributed by atoms with Crippen molar-refractivity contribution in [2.24, 2.45) is 0 Å². The lowest BCUT2D eigenvalue weighted by molar-refractivity contribution is 0.00383. The molecule has 9 heteroatoms. The zero-order valence-electron chi connectivity index (χ0n) is 18.2. The zero-order valence-corrected chi connectivity index (χ0v) is 18.2. The van der Waals surface area contributed by atoms with E-state index in [1.54, 1.807) is 29.2 Å². The van der Waals surface area contributed by atoms with E-state index in [9.17, 15) is 4.79 Å². The number of anilines is 1. The van der Waals surface area contributed by atoms with Crippen LogP contribution in [-0.4, -0.2) is 48.6 Å². The number of rotatable bonds is 5. The van der Waals surface area contributed by atoms with Crippen molar-refractivity contribution in [1.29, 1.82) is 0 Å². The van der Waals surface area contributed by atoms with Crippen molar-refractivity contribution >= 4 is 28.1 Å². The predicted molar refractivity (Wildman–Crippen MR) is 118 cm³/mol. The molecule has 1 amide bonds. The van der Waals surface area contributed by atoms with Crippen LogP contribution in [0.25, 0.3) is 16.6 Å². The van der Waals surface area contributed by atoms with E-state index in [0.717, 1.165) is 23.7 Å². The van der Waals surface area contributed by atoms with E-state index in [4.69, 9.17) is 14.6 Å². The van der Waals surface area contributed by atoms with Gasteiger partial charge in [-0.2, -0.15) is 10.2 Å². The lowest BCUT2D eigenvalue weighted by Gasteiger charge is -2.42. The normalized spacial score (nSPS) is 24.2. The fourth-order valence-electron chi connectivity index (χ4n) is 5.01. The molecule has 1 N–H and O–H groups in total. The van der Waals surface area contributed by atoms with Gasteiger partial charge in [0.2, 0.25) is 0 Å². The van der Waals surface area contributed by atoms with E-state index in [-0.39, 0.29) is 23.2 Å². The van der Waals surface area contributed by atoms with Crippen LogP contribution in [0.3, 0.4) is 0 Å². The van der Waals surface area contributed by atoms with Gasteiger partial charge in [-0.05, 0) is 32.9 Å². The summed E-state index contributed by atoms with van der Waals surface area (Å²) in [6.45, 7) is 6.68. The molecule has 3 fully saturated rings. The van der Waals surface area contributed by atoms with Crippen LogP contribution in [0.5, 0.6) is 5.75 Å². The molecule has 3 aliphatic rings. The first-order chi connectivity index (χ1) is 15.3. The molecule has 3 aromatic heterocycles. The first kappa shape index (κ1) is 19.2. The average molecular weight is 432 g/mol. The molecule has 1 aliphatic carbocycles. The van der Waals surface area contributed by atoms with E-state index >= 15 is 0 Å². The highest BCUT2D eigenvalue weighted by atomic mass is 16.5. The highest BCUT2D eigenvalue weighted by Gasteiger charge is 2.61. The number of hydrogen-bond acceptors (Lipinski definition) is 6. The van der Waals surface area contributed by atoms with E-state index in [1.165, 1.54) is 0 Å². The number of nitrogens with zero attached hydrogens (tertiary/aromatic N) is 5. The standard InChI is InChI=1S/C23H24N6O3/c1-14(2)32-19-8-17-15(10-29(27-17)23-11-22(3,12-23)31-13-23)7-16(19)21(30)26-18-9-25-28-6-4-5-24-20(18)28/h4-10,14H,11-13H2,1-3H3,(H,26,30). The molecular formula is C23H24N6O3. The van der Waals surface area contributed by atoms with Crippen LogP contribution in [0.15, 0.2) is 43.0 Å². The molecule has 2 aliphatic heterocycles. The Labute approximate surface area is 184 Å². The van der Waals surface area contributed by atoms with Crippen LogP contribution in [0.2, 0.25) is 0 Å². The van der Waals surface area contributed by atoms with Gasteiger partial charge in [0.25, 0.3) is 5.91 Å². The molecule has 1 aromatic carbocycles. The average Bonchev–Trinajstić information content (AvgIpc) is 3.48. The molecule has 0 radical (unpaired) electrons. The molecule has 9 nitrogen and oxygen atoms in total. The summed E-state index contributed by atoms with van der Waals surface area (Å²) in [6.07, 6.45) is 8.87. The summed E-state index contributed by atoms with van der Waals surface area (Å²) >= 11 is 0. The summed E-state index contributed by atoms with van der Waals surface area (Å²) in [7, 11) is 0. The van der Waals surface area contributed by atoms with Crippen LogP contribution < -0.4 is 10.1 Å². The van der Waals surface area contributed by atoms with Gasteiger partial charge < -0.3 is 14.8 Å². The molecule has 32 heavy (non-hydrogen) atoms. The highest BCUT2D eigenvalue weighted by Crippen LogP contribution is 2.55. The number of aromatic nitrogens is 5. The summed E-state index contributed by atoms with van der Waals surface area (Å²) in [5.41, 5.74) is 2.24. The van der Waals surface area contributed by atoms with Crippen molar-refractivity contribution in [3.63, 3.8) is 0 Å². The molecule has 2 saturated heterocycles. The third-order valence-electron chi connectivity index (χ3n) is 6.32. The number of ether oxygens (including phenoxy) is 2. The molecule has 0 spiro atoms. The van der Waals surface area contributed by atoms with Gasteiger partial charge in [-0.1, -0.05) is 0 Å². The van der Waals surface area contributed by atoms with Crippen molar-refractivity contribution in [1.82, 2.24) is 24.4 Å². The summed E-state index contributed by atoms with van der Waals surface area (Å²) in [5.74, 6) is 0.215. The van der Waals surface area contributed by atoms with Crippen molar-refractivity contribution in [3.05, 3.63) is 48.5 Å². The number of fused-ring (bicyclic) bond motifs is 3. The van der Waals surface area contributed by atoms with Gasteiger partial charge in [-0.15, -0.1) is 0 Å². The largest absolute Gasteiger partial charge is 0.490 e. The Morgan fingerprint density at radius 1 is 1.31 bits per heavy atom. The van der Waals surface area contributed by atoms with Gasteiger partial charge in [0.1, 0.15) is 11.4 Å². The zero-order chi connectivity index (χ0) is 22.1. The maximum Gasteiger partial charge on any atom is 0.259 e. The molecule has 2 bridgehead atoms. The van der Waals surface area contributed by atoms with Crippen LogP contribution >= 0.6 is 0 Å². The lowest BCUT2D eigenvalue weighted by atomic mass is 9.69. The van der Waals surface area contributed by atoms with Crippen molar-refractivity contribution in [3.8, 4) is 5.75 Å². The topological polar surface area (TPSA) is 95.6 Å². The molecule has 0 unspecified atom stereocenters. The fourth-order valence-corrected chi connectivity index (χ4v) is 5.01. The molecule has 5 heterocycles. The Morgan fingerprint density at radius 3 is 2.91 bits per heavy atom. The van der Waals surface area contributed by atoms with Crippen LogP contribution in [0, 0.1) is 0 Å². The van der Waals surface area contributed by atoms with E-state index in [2.05, 4.69) is 22.3 Å². The second-order valence-corrected chi connectivity index (χ2v) is 9.36. The van der Waals surface area contributed by atoms with Gasteiger partial charge in [-0.3, -0.25) is 9.48 Å². The smallest absolute Gasteiger partial charge is 0.259 e.